The normalized spacial score (nSPS) is 13.2. The lowest BCUT2D eigenvalue weighted by molar-refractivity contribution is 0.0908. The molecule has 0 radical (unpaired) electrons. The summed E-state index contributed by atoms with van der Waals surface area (Å²) in [6, 6.07) is 6.19. The number of benzene rings is 1. The lowest BCUT2D eigenvalue weighted by Gasteiger charge is -2.18. The van der Waals surface area contributed by atoms with Gasteiger partial charge < -0.3 is 10.4 Å². The highest BCUT2D eigenvalue weighted by molar-refractivity contribution is 7.89. The summed E-state index contributed by atoms with van der Waals surface area (Å²) in [4.78, 5) is 12.1. The molecule has 118 valence electrons. The number of hydrogen-bond acceptors (Lipinski definition) is 4. The number of carbonyl (C=O) groups is 1. The monoisotopic (exact) mass is 313 g/mol. The predicted molar refractivity (Wildman–Crippen MR) is 82.8 cm³/mol. The topological polar surface area (TPSA) is 83.5 Å². The van der Waals surface area contributed by atoms with Crippen LogP contribution in [0.1, 0.15) is 36.2 Å². The molecule has 0 saturated carbocycles. The molecule has 0 heterocycles. The molecule has 5 nitrogen and oxygen atoms in total. The third kappa shape index (κ3) is 6.73. The van der Waals surface area contributed by atoms with Crippen LogP contribution in [0.5, 0.6) is 0 Å². The Morgan fingerprint density at radius 3 is 2.24 bits per heavy atom. The van der Waals surface area contributed by atoms with Crippen LogP contribution in [0.4, 0.5) is 0 Å². The highest BCUT2D eigenvalue weighted by Crippen LogP contribution is 2.09. The predicted octanol–water partition coefficient (Wildman–Crippen LogP) is 1.37. The van der Waals surface area contributed by atoms with E-state index in [4.69, 9.17) is 0 Å². The fraction of sp³-hybridized carbons (Fsp3) is 0.533. The van der Waals surface area contributed by atoms with Gasteiger partial charge in [-0.1, -0.05) is 26.0 Å². The first kappa shape index (κ1) is 17.7. The summed E-state index contributed by atoms with van der Waals surface area (Å²) >= 11 is 0. The van der Waals surface area contributed by atoms with Gasteiger partial charge in [0.15, 0.2) is 9.84 Å². The summed E-state index contributed by atoms with van der Waals surface area (Å²) in [5.74, 6) is 0.0711. The summed E-state index contributed by atoms with van der Waals surface area (Å²) in [7, 11) is -3.08. The molecule has 1 unspecified atom stereocenters. The molecule has 0 fully saturated rings. The molecule has 1 amide bonds. The Labute approximate surface area is 126 Å². The standard InChI is InChI=1S/C15H23NO4S/c1-11(2)8-14(9-17)16-15(18)13-6-4-12(5-7-13)10-21(3,19)20/h4-7,11,14,17H,8-10H2,1-3H3,(H,16,18). The molecule has 6 heteroatoms. The van der Waals surface area contributed by atoms with Crippen molar-refractivity contribution in [3.63, 3.8) is 0 Å². The van der Waals surface area contributed by atoms with Crippen molar-refractivity contribution < 1.29 is 18.3 Å². The fourth-order valence-electron chi connectivity index (χ4n) is 2.07. The fourth-order valence-corrected chi connectivity index (χ4v) is 2.87. The highest BCUT2D eigenvalue weighted by Gasteiger charge is 2.14. The lowest BCUT2D eigenvalue weighted by Crippen LogP contribution is -2.38. The molecule has 1 rings (SSSR count). The van der Waals surface area contributed by atoms with Crippen LogP contribution in [-0.2, 0) is 15.6 Å². The molecule has 0 bridgehead atoms. The van der Waals surface area contributed by atoms with Gasteiger partial charge in [-0.05, 0) is 30.0 Å². The number of hydrogen-bond donors (Lipinski definition) is 2. The van der Waals surface area contributed by atoms with Crippen molar-refractivity contribution in [2.45, 2.75) is 32.1 Å². The first-order chi connectivity index (χ1) is 9.71. The van der Waals surface area contributed by atoms with Crippen molar-refractivity contribution in [3.05, 3.63) is 35.4 Å². The zero-order valence-corrected chi connectivity index (χ0v) is 13.5. The van der Waals surface area contributed by atoms with Gasteiger partial charge in [-0.3, -0.25) is 4.79 Å². The summed E-state index contributed by atoms with van der Waals surface area (Å²) in [6.07, 6.45) is 1.87. The van der Waals surface area contributed by atoms with E-state index < -0.39 is 9.84 Å². The quantitative estimate of drug-likeness (QED) is 0.796. The van der Waals surface area contributed by atoms with Gasteiger partial charge in [0.2, 0.25) is 0 Å². The summed E-state index contributed by atoms with van der Waals surface area (Å²) in [5, 5.41) is 12.0. The van der Waals surface area contributed by atoms with Crippen LogP contribution in [0, 0.1) is 5.92 Å². The van der Waals surface area contributed by atoms with Gasteiger partial charge in [0.25, 0.3) is 5.91 Å². The zero-order chi connectivity index (χ0) is 16.0. The largest absolute Gasteiger partial charge is 0.394 e. The van der Waals surface area contributed by atoms with Crippen LogP contribution < -0.4 is 5.32 Å². The van der Waals surface area contributed by atoms with E-state index >= 15 is 0 Å². The third-order valence-corrected chi connectivity index (χ3v) is 3.81. The Bertz CT molecular complexity index is 564. The Hall–Kier alpha value is -1.40. The minimum Gasteiger partial charge on any atom is -0.394 e. The minimum atomic E-state index is -3.08. The van der Waals surface area contributed by atoms with E-state index in [0.717, 1.165) is 0 Å². The van der Waals surface area contributed by atoms with E-state index in [1.165, 1.54) is 6.26 Å². The third-order valence-electron chi connectivity index (χ3n) is 2.96. The molecule has 21 heavy (non-hydrogen) atoms. The summed E-state index contributed by atoms with van der Waals surface area (Å²) < 4.78 is 22.4. The lowest BCUT2D eigenvalue weighted by atomic mass is 10.0. The van der Waals surface area contributed by atoms with Crippen molar-refractivity contribution in [2.75, 3.05) is 12.9 Å². The van der Waals surface area contributed by atoms with Crippen LogP contribution in [0.3, 0.4) is 0 Å². The number of aliphatic hydroxyl groups is 1. The maximum atomic E-state index is 12.1. The van der Waals surface area contributed by atoms with Gasteiger partial charge in [-0.25, -0.2) is 8.42 Å². The molecule has 0 aliphatic heterocycles. The minimum absolute atomic E-state index is 0.0402. The van der Waals surface area contributed by atoms with Crippen LogP contribution in [0.2, 0.25) is 0 Å². The second kappa shape index (κ2) is 7.56. The van der Waals surface area contributed by atoms with Crippen molar-refractivity contribution in [2.24, 2.45) is 5.92 Å². The van der Waals surface area contributed by atoms with Gasteiger partial charge in [-0.2, -0.15) is 0 Å². The number of carbonyl (C=O) groups excluding carboxylic acids is 1. The van der Waals surface area contributed by atoms with Crippen LogP contribution in [0.25, 0.3) is 0 Å². The summed E-state index contributed by atoms with van der Waals surface area (Å²) in [5.41, 5.74) is 1.10. The van der Waals surface area contributed by atoms with E-state index in [2.05, 4.69) is 5.32 Å². The number of aliphatic hydroxyl groups excluding tert-OH is 1. The smallest absolute Gasteiger partial charge is 0.251 e. The number of nitrogens with one attached hydrogen (secondary N) is 1. The number of sulfone groups is 1. The van der Waals surface area contributed by atoms with Crippen molar-refractivity contribution in [3.8, 4) is 0 Å². The molecule has 0 aromatic heterocycles. The van der Waals surface area contributed by atoms with Gasteiger partial charge in [0, 0.05) is 11.8 Å². The Morgan fingerprint density at radius 2 is 1.81 bits per heavy atom. The maximum Gasteiger partial charge on any atom is 0.251 e. The number of rotatable bonds is 7. The van der Waals surface area contributed by atoms with Crippen molar-refractivity contribution >= 4 is 15.7 Å². The molecule has 1 atom stereocenters. The molecule has 2 N–H and O–H groups in total. The highest BCUT2D eigenvalue weighted by atomic mass is 32.2. The molecule has 0 saturated heterocycles. The van der Waals surface area contributed by atoms with Gasteiger partial charge >= 0.3 is 0 Å². The molecular weight excluding hydrogens is 290 g/mol. The SMILES string of the molecule is CC(C)CC(CO)NC(=O)c1ccc(CS(C)(=O)=O)cc1. The van der Waals surface area contributed by atoms with Crippen molar-refractivity contribution in [1.82, 2.24) is 5.32 Å². The average Bonchev–Trinajstić information content (AvgIpc) is 2.36. The molecular formula is C15H23NO4S. The second-order valence-corrected chi connectivity index (χ2v) is 7.89. The Balaban J connectivity index is 2.70. The van der Waals surface area contributed by atoms with E-state index in [1.54, 1.807) is 24.3 Å². The van der Waals surface area contributed by atoms with Crippen LogP contribution in [-0.4, -0.2) is 38.3 Å². The van der Waals surface area contributed by atoms with Gasteiger partial charge in [-0.15, -0.1) is 0 Å². The molecule has 1 aromatic carbocycles. The molecule has 1 aromatic rings. The average molecular weight is 313 g/mol. The van der Waals surface area contributed by atoms with Crippen molar-refractivity contribution in [1.29, 1.82) is 0 Å². The Morgan fingerprint density at radius 1 is 1.24 bits per heavy atom. The van der Waals surface area contributed by atoms with E-state index in [1.807, 2.05) is 13.8 Å². The molecule has 0 aliphatic carbocycles. The van der Waals surface area contributed by atoms with Crippen LogP contribution in [0.15, 0.2) is 24.3 Å². The van der Waals surface area contributed by atoms with E-state index in [9.17, 15) is 18.3 Å². The number of amides is 1. The van der Waals surface area contributed by atoms with Gasteiger partial charge in [0.1, 0.15) is 0 Å². The van der Waals surface area contributed by atoms with E-state index in [0.29, 0.717) is 23.5 Å². The van der Waals surface area contributed by atoms with E-state index in [-0.39, 0.29) is 24.3 Å². The molecule has 0 spiro atoms. The second-order valence-electron chi connectivity index (χ2n) is 5.75. The first-order valence-electron chi connectivity index (χ1n) is 6.89. The van der Waals surface area contributed by atoms with Crippen LogP contribution >= 0.6 is 0 Å². The molecule has 0 aliphatic rings. The first-order valence-corrected chi connectivity index (χ1v) is 8.95. The maximum absolute atomic E-state index is 12.1. The zero-order valence-electron chi connectivity index (χ0n) is 12.7. The summed E-state index contributed by atoms with van der Waals surface area (Å²) in [6.45, 7) is 3.94. The van der Waals surface area contributed by atoms with Gasteiger partial charge in [0.05, 0.1) is 18.4 Å². The Kier molecular flexibility index (Phi) is 6.36.